The number of likely N-dealkylation sites (N-methyl/N-ethyl adjacent to an activating group) is 1. The van der Waals surface area contributed by atoms with Gasteiger partial charge in [-0.2, -0.15) is 0 Å². The van der Waals surface area contributed by atoms with Gasteiger partial charge in [0, 0.05) is 45.6 Å². The molecule has 0 unspecified atom stereocenters. The Balaban J connectivity index is 1.80. The van der Waals surface area contributed by atoms with E-state index in [0.717, 1.165) is 49.9 Å². The average Bonchev–Trinajstić information content (AvgIpc) is 3.21. The number of hydrogen-bond donors (Lipinski definition) is 3. The maximum atomic E-state index is 13.0. The van der Waals surface area contributed by atoms with E-state index < -0.39 is 0 Å². The molecule has 0 saturated heterocycles. The standard InChI is InChI=1S/C21H19BrClN3O/c1-24-6-7-25-21(27)20-16-4-2-14(22)8-12(16)10-17(20)19-11-13-9-15(23)3-5-18(13)26-19/h2-5,8-9,11,24,26H,6-7,10H2,1H3,(H,25,27). The molecule has 0 saturated carbocycles. The minimum absolute atomic E-state index is 0.0435. The van der Waals surface area contributed by atoms with Gasteiger partial charge in [0.15, 0.2) is 0 Å². The van der Waals surface area contributed by atoms with Crippen LogP contribution in [0.1, 0.15) is 16.8 Å². The first-order valence-corrected chi connectivity index (χ1v) is 9.97. The van der Waals surface area contributed by atoms with Crippen LogP contribution >= 0.6 is 27.5 Å². The van der Waals surface area contributed by atoms with Crippen molar-refractivity contribution in [3.63, 3.8) is 0 Å². The van der Waals surface area contributed by atoms with Crippen LogP contribution in [0.5, 0.6) is 0 Å². The highest BCUT2D eigenvalue weighted by molar-refractivity contribution is 9.10. The topological polar surface area (TPSA) is 56.9 Å². The number of aromatic amines is 1. The highest BCUT2D eigenvalue weighted by atomic mass is 79.9. The summed E-state index contributed by atoms with van der Waals surface area (Å²) in [5.74, 6) is -0.0435. The minimum Gasteiger partial charge on any atom is -0.355 e. The molecule has 3 N–H and O–H groups in total. The van der Waals surface area contributed by atoms with Gasteiger partial charge in [-0.15, -0.1) is 0 Å². The highest BCUT2D eigenvalue weighted by Gasteiger charge is 2.28. The van der Waals surface area contributed by atoms with Gasteiger partial charge in [-0.25, -0.2) is 0 Å². The van der Waals surface area contributed by atoms with Crippen LogP contribution in [0.25, 0.3) is 22.0 Å². The molecule has 2 aromatic carbocycles. The smallest absolute Gasteiger partial charge is 0.252 e. The number of halogens is 2. The molecule has 3 aromatic rings. The fourth-order valence-electron chi connectivity index (χ4n) is 3.54. The van der Waals surface area contributed by atoms with Crippen LogP contribution in [0, 0.1) is 0 Å². The third-order valence-electron chi connectivity index (χ3n) is 4.80. The first-order chi connectivity index (χ1) is 13.1. The fourth-order valence-corrected chi connectivity index (χ4v) is 4.13. The van der Waals surface area contributed by atoms with Crippen molar-refractivity contribution in [2.45, 2.75) is 6.42 Å². The van der Waals surface area contributed by atoms with E-state index in [-0.39, 0.29) is 5.91 Å². The zero-order valence-corrected chi connectivity index (χ0v) is 17.2. The van der Waals surface area contributed by atoms with Crippen molar-refractivity contribution >= 4 is 55.5 Å². The van der Waals surface area contributed by atoms with Crippen LogP contribution in [0.3, 0.4) is 0 Å². The van der Waals surface area contributed by atoms with E-state index in [1.54, 1.807) is 0 Å². The number of hydrogen-bond acceptors (Lipinski definition) is 2. The van der Waals surface area contributed by atoms with E-state index in [1.807, 2.05) is 37.4 Å². The molecule has 1 heterocycles. The normalized spacial score (nSPS) is 13.3. The van der Waals surface area contributed by atoms with Gasteiger partial charge in [0.05, 0.1) is 5.57 Å². The van der Waals surface area contributed by atoms with Crippen LogP contribution in [-0.2, 0) is 11.2 Å². The molecule has 27 heavy (non-hydrogen) atoms. The van der Waals surface area contributed by atoms with Gasteiger partial charge in [-0.1, -0.05) is 33.6 Å². The molecule has 1 aromatic heterocycles. The van der Waals surface area contributed by atoms with Crippen LogP contribution in [0.2, 0.25) is 5.02 Å². The molecule has 0 bridgehead atoms. The summed E-state index contributed by atoms with van der Waals surface area (Å²) in [4.78, 5) is 16.4. The second-order valence-electron chi connectivity index (χ2n) is 6.61. The fraction of sp³-hybridized carbons (Fsp3) is 0.190. The Kier molecular flexibility index (Phi) is 5.08. The van der Waals surface area contributed by atoms with Gasteiger partial charge in [0.2, 0.25) is 0 Å². The zero-order chi connectivity index (χ0) is 19.0. The Bertz CT molecular complexity index is 1070. The third kappa shape index (κ3) is 3.55. The number of H-pyrrole nitrogens is 1. The summed E-state index contributed by atoms with van der Waals surface area (Å²) in [6.45, 7) is 1.31. The largest absolute Gasteiger partial charge is 0.355 e. The molecule has 4 rings (SSSR count). The molecule has 4 nitrogen and oxygen atoms in total. The number of benzene rings is 2. The number of nitrogens with one attached hydrogen (secondary N) is 3. The lowest BCUT2D eigenvalue weighted by Gasteiger charge is -2.09. The van der Waals surface area contributed by atoms with E-state index in [9.17, 15) is 4.79 Å². The zero-order valence-electron chi connectivity index (χ0n) is 14.8. The predicted octanol–water partition coefficient (Wildman–Crippen LogP) is 4.39. The summed E-state index contributed by atoms with van der Waals surface area (Å²) < 4.78 is 1.01. The number of amides is 1. The summed E-state index contributed by atoms with van der Waals surface area (Å²) in [5.41, 5.74) is 5.86. The van der Waals surface area contributed by atoms with Gasteiger partial charge < -0.3 is 15.6 Å². The first-order valence-electron chi connectivity index (χ1n) is 8.80. The Morgan fingerprint density at radius 3 is 2.85 bits per heavy atom. The Hall–Kier alpha value is -2.08. The molecule has 0 atom stereocenters. The summed E-state index contributed by atoms with van der Waals surface area (Å²) in [6.07, 6.45) is 0.712. The number of carbonyl (C=O) groups excluding carboxylic acids is 1. The summed E-state index contributed by atoms with van der Waals surface area (Å²) in [7, 11) is 1.87. The van der Waals surface area contributed by atoms with Crippen molar-refractivity contribution in [2.75, 3.05) is 20.1 Å². The molecule has 1 aliphatic rings. The molecule has 138 valence electrons. The first kappa shape index (κ1) is 18.3. The molecular formula is C21H19BrClN3O. The van der Waals surface area contributed by atoms with Crippen molar-refractivity contribution < 1.29 is 4.79 Å². The quantitative estimate of drug-likeness (QED) is 0.511. The molecule has 1 amide bonds. The van der Waals surface area contributed by atoms with Crippen molar-refractivity contribution in [2.24, 2.45) is 0 Å². The molecular weight excluding hydrogens is 426 g/mol. The van der Waals surface area contributed by atoms with Crippen LogP contribution in [0.4, 0.5) is 0 Å². The van der Waals surface area contributed by atoms with Crippen molar-refractivity contribution in [3.05, 3.63) is 68.8 Å². The Morgan fingerprint density at radius 2 is 2.04 bits per heavy atom. The lowest BCUT2D eigenvalue weighted by atomic mass is 10.0. The van der Waals surface area contributed by atoms with Crippen LogP contribution in [0.15, 0.2) is 46.9 Å². The van der Waals surface area contributed by atoms with Crippen LogP contribution in [-0.4, -0.2) is 31.0 Å². The maximum Gasteiger partial charge on any atom is 0.252 e. The second-order valence-corrected chi connectivity index (χ2v) is 7.96. The Morgan fingerprint density at radius 1 is 1.19 bits per heavy atom. The minimum atomic E-state index is -0.0435. The van der Waals surface area contributed by atoms with Crippen molar-refractivity contribution in [3.8, 4) is 0 Å². The summed E-state index contributed by atoms with van der Waals surface area (Å²) in [5, 5.41) is 7.81. The number of rotatable bonds is 5. The summed E-state index contributed by atoms with van der Waals surface area (Å²) >= 11 is 9.66. The van der Waals surface area contributed by atoms with Gasteiger partial charge in [-0.3, -0.25) is 4.79 Å². The molecule has 0 radical (unpaired) electrons. The molecule has 0 aliphatic heterocycles. The second kappa shape index (κ2) is 7.50. The predicted molar refractivity (Wildman–Crippen MR) is 115 cm³/mol. The van der Waals surface area contributed by atoms with Gasteiger partial charge in [-0.05, 0) is 60.1 Å². The van der Waals surface area contributed by atoms with Crippen molar-refractivity contribution in [1.29, 1.82) is 0 Å². The van der Waals surface area contributed by atoms with E-state index in [1.165, 1.54) is 0 Å². The monoisotopic (exact) mass is 443 g/mol. The van der Waals surface area contributed by atoms with E-state index in [4.69, 9.17) is 11.6 Å². The van der Waals surface area contributed by atoms with E-state index in [2.05, 4.69) is 43.7 Å². The van der Waals surface area contributed by atoms with E-state index in [0.29, 0.717) is 18.0 Å². The van der Waals surface area contributed by atoms with Crippen LogP contribution < -0.4 is 10.6 Å². The van der Waals surface area contributed by atoms with E-state index >= 15 is 0 Å². The number of aromatic nitrogens is 1. The number of allylic oxidation sites excluding steroid dienone is 1. The highest BCUT2D eigenvalue weighted by Crippen LogP contribution is 2.40. The number of fused-ring (bicyclic) bond motifs is 2. The molecule has 1 aliphatic carbocycles. The average molecular weight is 445 g/mol. The lowest BCUT2D eigenvalue weighted by Crippen LogP contribution is -2.31. The maximum absolute atomic E-state index is 13.0. The van der Waals surface area contributed by atoms with Gasteiger partial charge >= 0.3 is 0 Å². The summed E-state index contributed by atoms with van der Waals surface area (Å²) in [6, 6.07) is 13.9. The SMILES string of the molecule is CNCCNC(=O)C1=C(c2cc3cc(Cl)ccc3[nH]2)Cc2cc(Br)ccc21. The Labute approximate surface area is 171 Å². The number of carbonyl (C=O) groups is 1. The molecule has 0 spiro atoms. The molecule has 0 fully saturated rings. The van der Waals surface area contributed by atoms with Gasteiger partial charge in [0.1, 0.15) is 0 Å². The third-order valence-corrected chi connectivity index (χ3v) is 5.53. The lowest BCUT2D eigenvalue weighted by molar-refractivity contribution is -0.115. The van der Waals surface area contributed by atoms with Crippen molar-refractivity contribution in [1.82, 2.24) is 15.6 Å². The van der Waals surface area contributed by atoms with Gasteiger partial charge in [0.25, 0.3) is 5.91 Å². The molecule has 6 heteroatoms.